The largest absolute Gasteiger partial charge is 0.394 e. The number of hydrogen-bond donors (Lipinski definition) is 4. The average Bonchev–Trinajstić information content (AvgIpc) is 2.88. The van der Waals surface area contributed by atoms with Crippen molar-refractivity contribution >= 4 is 17.6 Å². The number of nitrogens with one attached hydrogen (secondary N) is 2. The molecule has 4 N–H and O–H groups in total. The molecule has 120 valence electrons. The smallest absolute Gasteiger partial charge is 0.315 e. The Morgan fingerprint density at radius 3 is 2.55 bits per heavy atom. The minimum atomic E-state index is -1.09. The van der Waals surface area contributed by atoms with E-state index in [1.165, 1.54) is 6.92 Å². The standard InChI is InChI=1S/C15H21N3O4/c1-15(9-19,10-20)17-14(22)16-11-7-13(21)18(8-11)12-5-3-2-4-6-12/h2-6,11,19-20H,7-10H2,1H3,(H2,16,17,22)/t11-/m0/s1. The second-order valence-corrected chi connectivity index (χ2v) is 5.72. The molecule has 1 atom stereocenters. The molecule has 0 aromatic heterocycles. The molecule has 0 aliphatic carbocycles. The van der Waals surface area contributed by atoms with Crippen LogP contribution >= 0.6 is 0 Å². The summed E-state index contributed by atoms with van der Waals surface area (Å²) in [6, 6.07) is 8.43. The number of rotatable bonds is 5. The molecule has 1 aromatic rings. The second kappa shape index (κ2) is 6.76. The molecule has 1 heterocycles. The van der Waals surface area contributed by atoms with Crippen molar-refractivity contribution in [2.24, 2.45) is 0 Å². The highest BCUT2D eigenvalue weighted by Gasteiger charge is 2.33. The Kier molecular flexibility index (Phi) is 4.99. The maximum atomic E-state index is 12.0. The first kappa shape index (κ1) is 16.3. The molecule has 0 spiro atoms. The number of aliphatic hydroxyl groups excluding tert-OH is 2. The van der Waals surface area contributed by atoms with E-state index in [9.17, 15) is 9.59 Å². The fourth-order valence-electron chi connectivity index (χ4n) is 2.29. The van der Waals surface area contributed by atoms with Crippen molar-refractivity contribution in [3.8, 4) is 0 Å². The Labute approximate surface area is 128 Å². The summed E-state index contributed by atoms with van der Waals surface area (Å²) < 4.78 is 0. The summed E-state index contributed by atoms with van der Waals surface area (Å²) in [5.41, 5.74) is -0.293. The minimum absolute atomic E-state index is 0.0522. The number of nitrogens with zero attached hydrogens (tertiary/aromatic N) is 1. The summed E-state index contributed by atoms with van der Waals surface area (Å²) in [6.45, 7) is 1.17. The molecule has 0 saturated carbocycles. The molecule has 1 saturated heterocycles. The van der Waals surface area contributed by atoms with E-state index in [-0.39, 0.29) is 31.6 Å². The zero-order valence-electron chi connectivity index (χ0n) is 12.5. The Morgan fingerprint density at radius 1 is 1.32 bits per heavy atom. The van der Waals surface area contributed by atoms with Gasteiger partial charge in [0, 0.05) is 18.7 Å². The molecular formula is C15H21N3O4. The van der Waals surface area contributed by atoms with Crippen molar-refractivity contribution < 1.29 is 19.8 Å². The first-order valence-electron chi connectivity index (χ1n) is 7.13. The van der Waals surface area contributed by atoms with Crippen molar-refractivity contribution in [1.29, 1.82) is 0 Å². The fraction of sp³-hybridized carbons (Fsp3) is 0.467. The number of hydrogen-bond acceptors (Lipinski definition) is 4. The Bertz CT molecular complexity index is 531. The number of benzene rings is 1. The number of aliphatic hydroxyl groups is 2. The lowest BCUT2D eigenvalue weighted by Crippen LogP contribution is -2.56. The SMILES string of the molecule is CC(CO)(CO)NC(=O)N[C@H]1CC(=O)N(c2ccccc2)C1. The van der Waals surface area contributed by atoms with Crippen LogP contribution in [0, 0.1) is 0 Å². The predicted octanol–water partition coefficient (Wildman–Crippen LogP) is -0.166. The molecule has 0 bridgehead atoms. The van der Waals surface area contributed by atoms with Crippen molar-refractivity contribution in [1.82, 2.24) is 10.6 Å². The monoisotopic (exact) mass is 307 g/mol. The predicted molar refractivity (Wildman–Crippen MR) is 81.4 cm³/mol. The Balaban J connectivity index is 1.93. The topological polar surface area (TPSA) is 102 Å². The van der Waals surface area contributed by atoms with E-state index in [1.54, 1.807) is 4.90 Å². The highest BCUT2D eigenvalue weighted by Crippen LogP contribution is 2.20. The third-order valence-electron chi connectivity index (χ3n) is 3.64. The van der Waals surface area contributed by atoms with Gasteiger partial charge in [-0.05, 0) is 19.1 Å². The van der Waals surface area contributed by atoms with Crippen molar-refractivity contribution in [2.75, 3.05) is 24.7 Å². The number of carbonyl (C=O) groups excluding carboxylic acids is 2. The maximum absolute atomic E-state index is 12.0. The summed E-state index contributed by atoms with van der Waals surface area (Å²) in [5, 5.41) is 23.5. The second-order valence-electron chi connectivity index (χ2n) is 5.72. The van der Waals surface area contributed by atoms with E-state index in [0.29, 0.717) is 6.54 Å². The Morgan fingerprint density at radius 2 is 1.95 bits per heavy atom. The molecule has 0 radical (unpaired) electrons. The van der Waals surface area contributed by atoms with Gasteiger partial charge in [0.25, 0.3) is 0 Å². The highest BCUT2D eigenvalue weighted by molar-refractivity contribution is 5.96. The number of amides is 3. The van der Waals surface area contributed by atoms with E-state index < -0.39 is 11.6 Å². The number of carbonyl (C=O) groups is 2. The summed E-state index contributed by atoms with van der Waals surface area (Å²) in [5.74, 6) is -0.0522. The summed E-state index contributed by atoms with van der Waals surface area (Å²) in [6.07, 6.45) is 0.220. The van der Waals surface area contributed by atoms with Gasteiger partial charge in [-0.2, -0.15) is 0 Å². The van der Waals surface area contributed by atoms with E-state index in [2.05, 4.69) is 10.6 Å². The van der Waals surface area contributed by atoms with Gasteiger partial charge in [0.1, 0.15) is 0 Å². The lowest BCUT2D eigenvalue weighted by atomic mass is 10.1. The summed E-state index contributed by atoms with van der Waals surface area (Å²) in [7, 11) is 0. The molecule has 1 aliphatic heterocycles. The van der Waals surface area contributed by atoms with Crippen LogP contribution in [-0.2, 0) is 4.79 Å². The van der Waals surface area contributed by atoms with Gasteiger partial charge in [0.2, 0.25) is 5.91 Å². The minimum Gasteiger partial charge on any atom is -0.394 e. The fourth-order valence-corrected chi connectivity index (χ4v) is 2.29. The molecular weight excluding hydrogens is 286 g/mol. The van der Waals surface area contributed by atoms with Crippen LogP contribution in [0.1, 0.15) is 13.3 Å². The molecule has 7 nitrogen and oxygen atoms in total. The average molecular weight is 307 g/mol. The normalized spacial score (nSPS) is 18.4. The van der Waals surface area contributed by atoms with E-state index in [0.717, 1.165) is 5.69 Å². The van der Waals surface area contributed by atoms with Crippen LogP contribution in [0.3, 0.4) is 0 Å². The van der Waals surface area contributed by atoms with Crippen LogP contribution in [0.2, 0.25) is 0 Å². The summed E-state index contributed by atoms with van der Waals surface area (Å²) in [4.78, 5) is 25.6. The third kappa shape index (κ3) is 3.75. The van der Waals surface area contributed by atoms with Gasteiger partial charge in [0.15, 0.2) is 0 Å². The van der Waals surface area contributed by atoms with E-state index >= 15 is 0 Å². The third-order valence-corrected chi connectivity index (χ3v) is 3.64. The molecule has 3 amide bonds. The lowest BCUT2D eigenvalue weighted by Gasteiger charge is -2.27. The lowest BCUT2D eigenvalue weighted by molar-refractivity contribution is -0.117. The van der Waals surface area contributed by atoms with Crippen molar-refractivity contribution in [3.63, 3.8) is 0 Å². The highest BCUT2D eigenvalue weighted by atomic mass is 16.3. The van der Waals surface area contributed by atoms with Crippen LogP contribution in [-0.4, -0.2) is 53.5 Å². The van der Waals surface area contributed by atoms with Crippen LogP contribution in [0.4, 0.5) is 10.5 Å². The number of urea groups is 1. The molecule has 1 fully saturated rings. The zero-order valence-corrected chi connectivity index (χ0v) is 12.5. The van der Waals surface area contributed by atoms with Crippen LogP contribution in [0.15, 0.2) is 30.3 Å². The van der Waals surface area contributed by atoms with Gasteiger partial charge in [-0.15, -0.1) is 0 Å². The number of anilines is 1. The first-order chi connectivity index (χ1) is 10.5. The molecule has 1 aromatic carbocycles. The molecule has 22 heavy (non-hydrogen) atoms. The summed E-state index contributed by atoms with van der Waals surface area (Å²) >= 11 is 0. The van der Waals surface area contributed by atoms with Crippen molar-refractivity contribution in [2.45, 2.75) is 24.9 Å². The van der Waals surface area contributed by atoms with Crippen molar-refractivity contribution in [3.05, 3.63) is 30.3 Å². The van der Waals surface area contributed by atoms with Gasteiger partial charge in [-0.3, -0.25) is 4.79 Å². The quantitative estimate of drug-likeness (QED) is 0.607. The zero-order chi connectivity index (χ0) is 16.2. The molecule has 1 aliphatic rings. The van der Waals surface area contributed by atoms with Crippen LogP contribution in [0.5, 0.6) is 0 Å². The van der Waals surface area contributed by atoms with Crippen LogP contribution in [0.25, 0.3) is 0 Å². The Hall–Kier alpha value is -2.12. The van der Waals surface area contributed by atoms with Gasteiger partial charge in [-0.25, -0.2) is 4.79 Å². The van der Waals surface area contributed by atoms with E-state index in [1.807, 2.05) is 30.3 Å². The van der Waals surface area contributed by atoms with Gasteiger partial charge >= 0.3 is 6.03 Å². The molecule has 0 unspecified atom stereocenters. The molecule has 7 heteroatoms. The van der Waals surface area contributed by atoms with E-state index in [4.69, 9.17) is 10.2 Å². The molecule has 2 rings (SSSR count). The van der Waals surface area contributed by atoms with Gasteiger partial charge < -0.3 is 25.7 Å². The van der Waals surface area contributed by atoms with Crippen LogP contribution < -0.4 is 15.5 Å². The first-order valence-corrected chi connectivity index (χ1v) is 7.13. The van der Waals surface area contributed by atoms with Gasteiger partial charge in [0.05, 0.1) is 24.8 Å². The maximum Gasteiger partial charge on any atom is 0.315 e. The number of para-hydroxylation sites is 1. The van der Waals surface area contributed by atoms with Gasteiger partial charge in [-0.1, -0.05) is 18.2 Å².